The normalized spacial score (nSPS) is 18.2. The SMILES string of the molecule is CC(Cc1ccc(F)cc1)N1CCNCC1=O. The van der Waals surface area contributed by atoms with Crippen LogP contribution in [0.3, 0.4) is 0 Å². The minimum atomic E-state index is -0.223. The third-order valence-electron chi connectivity index (χ3n) is 3.10. The molecule has 0 aliphatic carbocycles. The van der Waals surface area contributed by atoms with Crippen LogP contribution in [0.4, 0.5) is 4.39 Å². The van der Waals surface area contributed by atoms with Crippen LogP contribution in [0.5, 0.6) is 0 Å². The lowest BCUT2D eigenvalue weighted by atomic mass is 10.1. The van der Waals surface area contributed by atoms with Gasteiger partial charge in [0, 0.05) is 19.1 Å². The van der Waals surface area contributed by atoms with E-state index < -0.39 is 0 Å². The highest BCUT2D eigenvalue weighted by molar-refractivity contribution is 5.79. The van der Waals surface area contributed by atoms with Gasteiger partial charge in [-0.15, -0.1) is 0 Å². The van der Waals surface area contributed by atoms with E-state index >= 15 is 0 Å². The van der Waals surface area contributed by atoms with Crippen molar-refractivity contribution >= 4 is 5.91 Å². The number of hydrogen-bond donors (Lipinski definition) is 1. The molecule has 1 fully saturated rings. The minimum absolute atomic E-state index is 0.144. The fourth-order valence-electron chi connectivity index (χ4n) is 2.16. The van der Waals surface area contributed by atoms with Gasteiger partial charge in [0.2, 0.25) is 5.91 Å². The maximum Gasteiger partial charge on any atom is 0.236 e. The summed E-state index contributed by atoms with van der Waals surface area (Å²) in [5.74, 6) is -0.0782. The highest BCUT2D eigenvalue weighted by Gasteiger charge is 2.22. The molecule has 1 aliphatic heterocycles. The molecule has 1 aromatic rings. The molecule has 1 aliphatic rings. The zero-order valence-electron chi connectivity index (χ0n) is 9.95. The van der Waals surface area contributed by atoms with Crippen molar-refractivity contribution in [1.82, 2.24) is 10.2 Å². The highest BCUT2D eigenvalue weighted by atomic mass is 19.1. The van der Waals surface area contributed by atoms with Crippen LogP contribution in [-0.2, 0) is 11.2 Å². The van der Waals surface area contributed by atoms with Gasteiger partial charge < -0.3 is 10.2 Å². The molecule has 17 heavy (non-hydrogen) atoms. The molecule has 1 N–H and O–H groups in total. The number of benzene rings is 1. The second-order valence-corrected chi connectivity index (χ2v) is 4.44. The Kier molecular flexibility index (Phi) is 3.74. The lowest BCUT2D eigenvalue weighted by molar-refractivity contribution is -0.133. The van der Waals surface area contributed by atoms with Crippen molar-refractivity contribution < 1.29 is 9.18 Å². The van der Waals surface area contributed by atoms with Crippen LogP contribution in [0.2, 0.25) is 0 Å². The van der Waals surface area contributed by atoms with Crippen molar-refractivity contribution in [2.45, 2.75) is 19.4 Å². The van der Waals surface area contributed by atoms with Crippen molar-refractivity contribution in [2.75, 3.05) is 19.6 Å². The van der Waals surface area contributed by atoms with Crippen molar-refractivity contribution in [2.24, 2.45) is 0 Å². The third-order valence-corrected chi connectivity index (χ3v) is 3.10. The summed E-state index contributed by atoms with van der Waals surface area (Å²) in [6, 6.07) is 6.63. The molecule has 1 amide bonds. The summed E-state index contributed by atoms with van der Waals surface area (Å²) in [5.41, 5.74) is 1.06. The Morgan fingerprint density at radius 1 is 1.41 bits per heavy atom. The van der Waals surface area contributed by atoms with E-state index in [9.17, 15) is 9.18 Å². The molecule has 2 rings (SSSR count). The first kappa shape index (κ1) is 12.0. The van der Waals surface area contributed by atoms with Gasteiger partial charge in [0.25, 0.3) is 0 Å². The fourth-order valence-corrected chi connectivity index (χ4v) is 2.16. The van der Waals surface area contributed by atoms with Crippen LogP contribution >= 0.6 is 0 Å². The first-order chi connectivity index (χ1) is 8.16. The minimum Gasteiger partial charge on any atom is -0.337 e. The van der Waals surface area contributed by atoms with Crippen molar-refractivity contribution in [3.05, 3.63) is 35.6 Å². The van der Waals surface area contributed by atoms with Gasteiger partial charge >= 0.3 is 0 Å². The summed E-state index contributed by atoms with van der Waals surface area (Å²) in [4.78, 5) is 13.6. The number of nitrogens with one attached hydrogen (secondary N) is 1. The van der Waals surface area contributed by atoms with E-state index in [-0.39, 0.29) is 17.8 Å². The maximum atomic E-state index is 12.8. The fraction of sp³-hybridized carbons (Fsp3) is 0.462. The van der Waals surface area contributed by atoms with E-state index in [1.165, 1.54) is 12.1 Å². The molecular formula is C13H17FN2O. The lowest BCUT2D eigenvalue weighted by Gasteiger charge is -2.33. The Hall–Kier alpha value is -1.42. The molecule has 0 bridgehead atoms. The van der Waals surface area contributed by atoms with Gasteiger partial charge in [-0.25, -0.2) is 4.39 Å². The largest absolute Gasteiger partial charge is 0.337 e. The third kappa shape index (κ3) is 3.03. The molecule has 0 spiro atoms. The summed E-state index contributed by atoms with van der Waals surface area (Å²) < 4.78 is 12.8. The van der Waals surface area contributed by atoms with Gasteiger partial charge in [-0.3, -0.25) is 4.79 Å². The number of carbonyl (C=O) groups is 1. The number of amides is 1. The van der Waals surface area contributed by atoms with Crippen LogP contribution in [-0.4, -0.2) is 36.5 Å². The van der Waals surface area contributed by atoms with Crippen LogP contribution < -0.4 is 5.32 Å². The Morgan fingerprint density at radius 3 is 2.76 bits per heavy atom. The predicted octanol–water partition coefficient (Wildman–Crippen LogP) is 1.19. The Morgan fingerprint density at radius 2 is 2.12 bits per heavy atom. The van der Waals surface area contributed by atoms with Crippen LogP contribution in [0.1, 0.15) is 12.5 Å². The topological polar surface area (TPSA) is 32.3 Å². The van der Waals surface area contributed by atoms with Crippen molar-refractivity contribution in [3.8, 4) is 0 Å². The number of nitrogens with zero attached hydrogens (tertiary/aromatic N) is 1. The van der Waals surface area contributed by atoms with E-state index in [1.807, 2.05) is 11.8 Å². The summed E-state index contributed by atoms with van der Waals surface area (Å²) in [6.45, 7) is 4.06. The van der Waals surface area contributed by atoms with Crippen LogP contribution in [0, 0.1) is 5.82 Å². The molecule has 1 heterocycles. The van der Waals surface area contributed by atoms with Crippen molar-refractivity contribution in [3.63, 3.8) is 0 Å². The summed E-state index contributed by atoms with van der Waals surface area (Å²) in [5, 5.41) is 3.05. The van der Waals surface area contributed by atoms with Gasteiger partial charge in [0.1, 0.15) is 5.82 Å². The molecule has 1 unspecified atom stereocenters. The zero-order chi connectivity index (χ0) is 12.3. The van der Waals surface area contributed by atoms with Gasteiger partial charge in [-0.2, -0.15) is 0 Å². The lowest BCUT2D eigenvalue weighted by Crippen LogP contribution is -2.52. The van der Waals surface area contributed by atoms with E-state index in [2.05, 4.69) is 5.32 Å². The standard InChI is InChI=1S/C13H17FN2O/c1-10(16-7-6-15-9-13(16)17)8-11-2-4-12(14)5-3-11/h2-5,10,15H,6-9H2,1H3. The molecular weight excluding hydrogens is 219 g/mol. The first-order valence-electron chi connectivity index (χ1n) is 5.91. The molecule has 0 aromatic heterocycles. The number of hydrogen-bond acceptors (Lipinski definition) is 2. The zero-order valence-corrected chi connectivity index (χ0v) is 9.95. The monoisotopic (exact) mass is 236 g/mol. The molecule has 1 atom stereocenters. The Bertz CT molecular complexity index is 391. The second-order valence-electron chi connectivity index (χ2n) is 4.44. The van der Waals surface area contributed by atoms with Gasteiger partial charge in [0.15, 0.2) is 0 Å². The molecule has 3 nitrogen and oxygen atoms in total. The second kappa shape index (κ2) is 5.27. The quantitative estimate of drug-likeness (QED) is 0.855. The van der Waals surface area contributed by atoms with Crippen LogP contribution in [0.15, 0.2) is 24.3 Å². The summed E-state index contributed by atoms with van der Waals surface area (Å²) in [7, 11) is 0. The molecule has 0 saturated carbocycles. The van der Waals surface area contributed by atoms with E-state index in [4.69, 9.17) is 0 Å². The molecule has 0 radical (unpaired) electrons. The van der Waals surface area contributed by atoms with Gasteiger partial charge in [-0.05, 0) is 31.0 Å². The van der Waals surface area contributed by atoms with Crippen molar-refractivity contribution in [1.29, 1.82) is 0 Å². The first-order valence-corrected chi connectivity index (χ1v) is 5.91. The molecule has 1 saturated heterocycles. The number of halogens is 1. The smallest absolute Gasteiger partial charge is 0.236 e. The predicted molar refractivity (Wildman–Crippen MR) is 64.1 cm³/mol. The summed E-state index contributed by atoms with van der Waals surface area (Å²) >= 11 is 0. The van der Waals surface area contributed by atoms with Crippen LogP contribution in [0.25, 0.3) is 0 Å². The van der Waals surface area contributed by atoms with E-state index in [0.717, 1.165) is 25.1 Å². The average molecular weight is 236 g/mol. The molecule has 1 aromatic carbocycles. The maximum absolute atomic E-state index is 12.8. The number of piperazine rings is 1. The Balaban J connectivity index is 1.98. The summed E-state index contributed by atoms with van der Waals surface area (Å²) in [6.07, 6.45) is 0.770. The van der Waals surface area contributed by atoms with Gasteiger partial charge in [0.05, 0.1) is 6.54 Å². The Labute approximate surface area is 101 Å². The molecule has 92 valence electrons. The molecule has 4 heteroatoms. The van der Waals surface area contributed by atoms with Gasteiger partial charge in [-0.1, -0.05) is 12.1 Å². The van der Waals surface area contributed by atoms with E-state index in [0.29, 0.717) is 6.54 Å². The highest BCUT2D eigenvalue weighted by Crippen LogP contribution is 2.11. The average Bonchev–Trinajstić information content (AvgIpc) is 2.32. The number of carbonyl (C=O) groups excluding carboxylic acids is 1. The van der Waals surface area contributed by atoms with E-state index in [1.54, 1.807) is 12.1 Å². The number of rotatable bonds is 3.